The van der Waals surface area contributed by atoms with E-state index in [4.69, 9.17) is 0 Å². The maximum atomic E-state index is 12.8. The molecule has 2 fully saturated rings. The fraction of sp³-hybridized carbons (Fsp3) is 0.647. The Bertz CT molecular complexity index is 731. The minimum absolute atomic E-state index is 0.279. The van der Waals surface area contributed by atoms with Crippen LogP contribution in [0.2, 0.25) is 0 Å². The van der Waals surface area contributed by atoms with Crippen molar-refractivity contribution >= 4 is 23.5 Å². The molecule has 0 bridgehead atoms. The van der Waals surface area contributed by atoms with Crippen molar-refractivity contribution in [2.24, 2.45) is 13.0 Å². The Hall–Kier alpha value is -2.38. The number of carbonyl (C=O) groups is 3. The zero-order valence-corrected chi connectivity index (χ0v) is 15.2. The first-order valence-electron chi connectivity index (χ1n) is 8.67. The molecule has 0 unspecified atom stereocenters. The van der Waals surface area contributed by atoms with Gasteiger partial charge in [0.15, 0.2) is 0 Å². The fourth-order valence-corrected chi connectivity index (χ4v) is 3.69. The molecule has 1 aliphatic heterocycles. The number of hydrogen-bond acceptors (Lipinski definition) is 4. The molecule has 0 radical (unpaired) electrons. The number of nitrogens with zero attached hydrogens (tertiary/aromatic N) is 3. The standard InChI is InChI=1S/C17H25N5O3/c1-10-5-7-17(8-6-10)15(24)22(16(25)19-17)9-13(23)18-14-11(2)20-21(4)12(14)3/h10H,5-9H2,1-4H3,(H,18,23)(H,19,25). The van der Waals surface area contributed by atoms with Crippen molar-refractivity contribution in [3.05, 3.63) is 11.4 Å². The maximum Gasteiger partial charge on any atom is 0.325 e. The highest BCUT2D eigenvalue weighted by atomic mass is 16.2. The number of nitrogens with one attached hydrogen (secondary N) is 2. The number of aromatic nitrogens is 2. The fourth-order valence-electron chi connectivity index (χ4n) is 3.69. The Morgan fingerprint density at radius 2 is 1.96 bits per heavy atom. The van der Waals surface area contributed by atoms with Gasteiger partial charge in [0.25, 0.3) is 5.91 Å². The molecule has 1 aliphatic carbocycles. The van der Waals surface area contributed by atoms with Crippen LogP contribution in [0.5, 0.6) is 0 Å². The van der Waals surface area contributed by atoms with Gasteiger partial charge in [0.1, 0.15) is 12.1 Å². The van der Waals surface area contributed by atoms with E-state index < -0.39 is 17.5 Å². The van der Waals surface area contributed by atoms with Crippen molar-refractivity contribution in [2.45, 2.75) is 52.0 Å². The third kappa shape index (κ3) is 3.01. The van der Waals surface area contributed by atoms with Crippen molar-refractivity contribution in [1.29, 1.82) is 0 Å². The molecule has 8 heteroatoms. The first-order chi connectivity index (χ1) is 11.7. The van der Waals surface area contributed by atoms with Crippen molar-refractivity contribution < 1.29 is 14.4 Å². The maximum absolute atomic E-state index is 12.8. The topological polar surface area (TPSA) is 96.3 Å². The van der Waals surface area contributed by atoms with Gasteiger partial charge in [0.05, 0.1) is 17.1 Å². The monoisotopic (exact) mass is 347 g/mol. The Morgan fingerprint density at radius 3 is 2.52 bits per heavy atom. The number of imide groups is 1. The number of anilines is 1. The molecule has 1 aromatic heterocycles. The Morgan fingerprint density at radius 1 is 1.32 bits per heavy atom. The zero-order chi connectivity index (χ0) is 18.4. The third-order valence-electron chi connectivity index (χ3n) is 5.45. The number of carbonyl (C=O) groups excluding carboxylic acids is 3. The molecule has 0 atom stereocenters. The summed E-state index contributed by atoms with van der Waals surface area (Å²) >= 11 is 0. The lowest BCUT2D eigenvalue weighted by atomic mass is 9.77. The first-order valence-corrected chi connectivity index (χ1v) is 8.67. The second-order valence-electron chi connectivity index (χ2n) is 7.30. The summed E-state index contributed by atoms with van der Waals surface area (Å²) in [7, 11) is 1.79. The highest BCUT2D eigenvalue weighted by molar-refractivity contribution is 6.10. The molecule has 8 nitrogen and oxygen atoms in total. The van der Waals surface area contributed by atoms with Crippen LogP contribution >= 0.6 is 0 Å². The number of aryl methyl sites for hydroxylation is 2. The largest absolute Gasteiger partial charge is 0.325 e. The van der Waals surface area contributed by atoms with Crippen LogP contribution in [-0.4, -0.2) is 44.6 Å². The lowest BCUT2D eigenvalue weighted by Crippen LogP contribution is -2.49. The minimum atomic E-state index is -0.815. The summed E-state index contributed by atoms with van der Waals surface area (Å²) in [6, 6.07) is -0.477. The van der Waals surface area contributed by atoms with Crippen LogP contribution in [0.4, 0.5) is 10.5 Å². The lowest BCUT2D eigenvalue weighted by molar-refractivity contribution is -0.135. The molecular formula is C17H25N5O3. The van der Waals surface area contributed by atoms with E-state index in [2.05, 4.69) is 22.7 Å². The van der Waals surface area contributed by atoms with Crippen LogP contribution in [0.3, 0.4) is 0 Å². The van der Waals surface area contributed by atoms with E-state index in [0.29, 0.717) is 30.1 Å². The van der Waals surface area contributed by atoms with Gasteiger partial charge < -0.3 is 10.6 Å². The van der Waals surface area contributed by atoms with E-state index in [-0.39, 0.29) is 12.5 Å². The highest BCUT2D eigenvalue weighted by Gasteiger charge is 2.52. The number of hydrogen-bond donors (Lipinski definition) is 2. The molecule has 0 aromatic carbocycles. The van der Waals surface area contributed by atoms with E-state index in [0.717, 1.165) is 23.4 Å². The van der Waals surface area contributed by atoms with Crippen molar-refractivity contribution in [2.75, 3.05) is 11.9 Å². The quantitative estimate of drug-likeness (QED) is 0.810. The Labute approximate surface area is 146 Å². The highest BCUT2D eigenvalue weighted by Crippen LogP contribution is 2.36. The summed E-state index contributed by atoms with van der Waals surface area (Å²) in [5.41, 5.74) is 1.33. The number of urea groups is 1. The van der Waals surface area contributed by atoms with Gasteiger partial charge in [-0.2, -0.15) is 5.10 Å². The SMILES string of the molecule is Cc1nn(C)c(C)c1NC(=O)CN1C(=O)NC2(CCC(C)CC2)C1=O. The predicted octanol–water partition coefficient (Wildman–Crippen LogP) is 1.48. The van der Waals surface area contributed by atoms with Gasteiger partial charge >= 0.3 is 6.03 Å². The van der Waals surface area contributed by atoms with Gasteiger partial charge in [-0.1, -0.05) is 6.92 Å². The minimum Gasteiger partial charge on any atom is -0.323 e. The van der Waals surface area contributed by atoms with Gasteiger partial charge in [-0.25, -0.2) is 4.79 Å². The van der Waals surface area contributed by atoms with Crippen LogP contribution in [0.15, 0.2) is 0 Å². The summed E-state index contributed by atoms with van der Waals surface area (Å²) in [6.45, 7) is 5.52. The number of rotatable bonds is 3. The van der Waals surface area contributed by atoms with Crippen LogP contribution in [0, 0.1) is 19.8 Å². The van der Waals surface area contributed by atoms with Crippen LogP contribution in [0.25, 0.3) is 0 Å². The van der Waals surface area contributed by atoms with E-state index in [1.165, 1.54) is 0 Å². The van der Waals surface area contributed by atoms with Gasteiger partial charge in [-0.3, -0.25) is 19.2 Å². The van der Waals surface area contributed by atoms with Crippen molar-refractivity contribution in [3.63, 3.8) is 0 Å². The van der Waals surface area contributed by atoms with Crippen LogP contribution in [-0.2, 0) is 16.6 Å². The predicted molar refractivity (Wildman–Crippen MR) is 91.9 cm³/mol. The molecule has 1 spiro atoms. The molecule has 4 amide bonds. The molecule has 2 aliphatic rings. The molecule has 136 valence electrons. The van der Waals surface area contributed by atoms with Gasteiger partial charge in [-0.15, -0.1) is 0 Å². The van der Waals surface area contributed by atoms with E-state index >= 15 is 0 Å². The summed E-state index contributed by atoms with van der Waals surface area (Å²) in [6.07, 6.45) is 3.08. The molecule has 1 saturated heterocycles. The van der Waals surface area contributed by atoms with Crippen molar-refractivity contribution in [1.82, 2.24) is 20.0 Å². The molecule has 3 rings (SSSR count). The first kappa shape index (κ1) is 17.4. The van der Waals surface area contributed by atoms with Crippen molar-refractivity contribution in [3.8, 4) is 0 Å². The molecule has 1 aromatic rings. The van der Waals surface area contributed by atoms with Gasteiger partial charge in [0, 0.05) is 7.05 Å². The molecule has 2 N–H and O–H groups in total. The Kier molecular flexibility index (Phi) is 4.30. The lowest BCUT2D eigenvalue weighted by Gasteiger charge is -2.33. The van der Waals surface area contributed by atoms with E-state index in [1.807, 2.05) is 6.92 Å². The van der Waals surface area contributed by atoms with E-state index in [9.17, 15) is 14.4 Å². The summed E-state index contributed by atoms with van der Waals surface area (Å²) < 4.78 is 1.68. The average molecular weight is 347 g/mol. The third-order valence-corrected chi connectivity index (χ3v) is 5.45. The smallest absolute Gasteiger partial charge is 0.323 e. The van der Waals surface area contributed by atoms with Crippen LogP contribution in [0.1, 0.15) is 44.0 Å². The normalized spacial score (nSPS) is 26.2. The zero-order valence-electron chi connectivity index (χ0n) is 15.2. The summed E-state index contributed by atoms with van der Waals surface area (Å²) in [5.74, 6) is -0.118. The second kappa shape index (κ2) is 6.16. The molecule has 25 heavy (non-hydrogen) atoms. The van der Waals surface area contributed by atoms with Crippen LogP contribution < -0.4 is 10.6 Å². The van der Waals surface area contributed by atoms with Gasteiger partial charge in [0.2, 0.25) is 5.91 Å². The average Bonchev–Trinajstić information content (AvgIpc) is 2.93. The molecule has 1 saturated carbocycles. The Balaban J connectivity index is 1.69. The molecule has 2 heterocycles. The van der Waals surface area contributed by atoms with E-state index in [1.54, 1.807) is 18.7 Å². The van der Waals surface area contributed by atoms with Gasteiger partial charge in [-0.05, 0) is 45.4 Å². The number of amides is 4. The summed E-state index contributed by atoms with van der Waals surface area (Å²) in [4.78, 5) is 38.4. The second-order valence-corrected chi connectivity index (χ2v) is 7.30. The molecular weight excluding hydrogens is 322 g/mol. The summed E-state index contributed by atoms with van der Waals surface area (Å²) in [5, 5.41) is 9.84.